The third kappa shape index (κ3) is 3.77. The zero-order valence-corrected chi connectivity index (χ0v) is 13.2. The molecule has 21 heavy (non-hydrogen) atoms. The summed E-state index contributed by atoms with van der Waals surface area (Å²) in [4.78, 5) is 4.00. The summed E-state index contributed by atoms with van der Waals surface area (Å²) in [6.45, 7) is 3.75. The van der Waals surface area contributed by atoms with Gasteiger partial charge in [-0.1, -0.05) is 15.9 Å². The summed E-state index contributed by atoms with van der Waals surface area (Å²) in [5.74, 6) is -0.898. The summed E-state index contributed by atoms with van der Waals surface area (Å²) < 4.78 is 33.7. The van der Waals surface area contributed by atoms with E-state index in [0.29, 0.717) is 15.8 Å². The molecule has 3 nitrogen and oxygen atoms in total. The van der Waals surface area contributed by atoms with E-state index in [9.17, 15) is 8.78 Å². The van der Waals surface area contributed by atoms with Gasteiger partial charge in [0, 0.05) is 16.2 Å². The van der Waals surface area contributed by atoms with Crippen LogP contribution in [0.2, 0.25) is 0 Å². The summed E-state index contributed by atoms with van der Waals surface area (Å²) in [5.41, 5.74) is 6.26. The molecule has 2 rings (SSSR count). The van der Waals surface area contributed by atoms with Crippen LogP contribution in [0.4, 0.5) is 8.78 Å². The van der Waals surface area contributed by atoms with Crippen molar-refractivity contribution in [2.75, 3.05) is 0 Å². The Balaban J connectivity index is 2.38. The van der Waals surface area contributed by atoms with Crippen LogP contribution in [-0.4, -0.2) is 11.1 Å². The number of nitrogens with two attached hydrogens (primary N) is 1. The molecule has 0 aliphatic carbocycles. The molecular weight excluding hydrogens is 342 g/mol. The summed E-state index contributed by atoms with van der Waals surface area (Å²) in [5, 5.41) is 0. The number of hydrogen-bond donors (Lipinski definition) is 1. The van der Waals surface area contributed by atoms with Crippen LogP contribution in [0.3, 0.4) is 0 Å². The smallest absolute Gasteiger partial charge is 0.138 e. The summed E-state index contributed by atoms with van der Waals surface area (Å²) in [6.07, 6.45) is 2.97. The van der Waals surface area contributed by atoms with Crippen molar-refractivity contribution < 1.29 is 13.5 Å². The van der Waals surface area contributed by atoms with Crippen molar-refractivity contribution in [2.24, 2.45) is 5.73 Å². The Morgan fingerprint density at radius 2 is 1.76 bits per heavy atom. The second-order valence-electron chi connectivity index (χ2n) is 4.88. The molecule has 0 bridgehead atoms. The van der Waals surface area contributed by atoms with Gasteiger partial charge >= 0.3 is 0 Å². The van der Waals surface area contributed by atoms with Crippen molar-refractivity contribution in [1.82, 2.24) is 4.98 Å². The molecule has 0 amide bonds. The van der Waals surface area contributed by atoms with E-state index < -0.39 is 17.7 Å². The van der Waals surface area contributed by atoms with Gasteiger partial charge < -0.3 is 10.5 Å². The van der Waals surface area contributed by atoms with E-state index in [-0.39, 0.29) is 11.7 Å². The fraction of sp³-hybridized carbons (Fsp3) is 0.267. The molecule has 2 aromatic rings. The molecule has 0 aliphatic heterocycles. The molecule has 6 heteroatoms. The predicted molar refractivity (Wildman–Crippen MR) is 80.1 cm³/mol. The van der Waals surface area contributed by atoms with Gasteiger partial charge in [0.25, 0.3) is 0 Å². The topological polar surface area (TPSA) is 48.1 Å². The molecule has 0 saturated carbocycles. The molecule has 1 atom stereocenters. The number of rotatable bonds is 4. The van der Waals surface area contributed by atoms with Crippen molar-refractivity contribution in [1.29, 1.82) is 0 Å². The zero-order chi connectivity index (χ0) is 15.6. The van der Waals surface area contributed by atoms with Crippen LogP contribution in [0, 0.1) is 11.6 Å². The lowest BCUT2D eigenvalue weighted by atomic mass is 10.00. The van der Waals surface area contributed by atoms with Crippen molar-refractivity contribution in [3.05, 3.63) is 57.8 Å². The largest absolute Gasteiger partial charge is 0.489 e. The van der Waals surface area contributed by atoms with E-state index in [1.54, 1.807) is 6.07 Å². The standard InChI is InChI=1S/C15H15BrF2N2O/c1-8(2)21-11-3-9(6-20-7-11)15(19)14-12(17)4-10(16)5-13(14)18/h3-8,15H,19H2,1-2H3. The zero-order valence-electron chi connectivity index (χ0n) is 11.6. The normalized spacial score (nSPS) is 12.5. The first kappa shape index (κ1) is 15.9. The van der Waals surface area contributed by atoms with Crippen LogP contribution in [0.15, 0.2) is 35.1 Å². The number of halogens is 3. The minimum Gasteiger partial charge on any atom is -0.489 e. The van der Waals surface area contributed by atoms with Crippen LogP contribution in [-0.2, 0) is 0 Å². The van der Waals surface area contributed by atoms with Gasteiger partial charge in [-0.2, -0.15) is 0 Å². The van der Waals surface area contributed by atoms with Crippen LogP contribution in [0.25, 0.3) is 0 Å². The van der Waals surface area contributed by atoms with Crippen LogP contribution in [0.1, 0.15) is 31.0 Å². The highest BCUT2D eigenvalue weighted by Crippen LogP contribution is 2.28. The number of benzene rings is 1. The van der Waals surface area contributed by atoms with Crippen molar-refractivity contribution in [3.8, 4) is 5.75 Å². The molecule has 1 heterocycles. The lowest BCUT2D eigenvalue weighted by Crippen LogP contribution is -2.16. The Kier molecular flexibility index (Phi) is 4.90. The van der Waals surface area contributed by atoms with Gasteiger partial charge in [-0.15, -0.1) is 0 Å². The quantitative estimate of drug-likeness (QED) is 0.901. The number of nitrogens with zero attached hydrogens (tertiary/aromatic N) is 1. The third-order valence-electron chi connectivity index (χ3n) is 2.82. The summed E-state index contributed by atoms with van der Waals surface area (Å²) in [6, 6.07) is 3.04. The van der Waals surface area contributed by atoms with E-state index in [2.05, 4.69) is 20.9 Å². The predicted octanol–water partition coefficient (Wildman–Crippen LogP) is 3.96. The molecule has 0 aliphatic rings. The average Bonchev–Trinajstić information content (AvgIpc) is 2.36. The molecule has 1 aromatic heterocycles. The third-order valence-corrected chi connectivity index (χ3v) is 3.28. The van der Waals surface area contributed by atoms with Gasteiger partial charge in [-0.05, 0) is 37.6 Å². The first-order valence-corrected chi connectivity index (χ1v) is 7.19. The fourth-order valence-corrected chi connectivity index (χ4v) is 2.36. The van der Waals surface area contributed by atoms with E-state index in [4.69, 9.17) is 10.5 Å². The Morgan fingerprint density at radius 1 is 1.14 bits per heavy atom. The van der Waals surface area contributed by atoms with Gasteiger partial charge in [0.1, 0.15) is 17.4 Å². The number of aromatic nitrogens is 1. The van der Waals surface area contributed by atoms with E-state index in [1.165, 1.54) is 24.5 Å². The van der Waals surface area contributed by atoms with E-state index in [0.717, 1.165) is 0 Å². The van der Waals surface area contributed by atoms with Crippen LogP contribution >= 0.6 is 15.9 Å². The summed E-state index contributed by atoms with van der Waals surface area (Å²) in [7, 11) is 0. The van der Waals surface area contributed by atoms with Gasteiger partial charge in [-0.25, -0.2) is 8.78 Å². The maximum Gasteiger partial charge on any atom is 0.138 e. The van der Waals surface area contributed by atoms with E-state index >= 15 is 0 Å². The number of ether oxygens (including phenoxy) is 1. The lowest BCUT2D eigenvalue weighted by molar-refractivity contribution is 0.241. The Bertz CT molecular complexity index is 626. The Labute approximate surface area is 130 Å². The maximum absolute atomic E-state index is 14.0. The minimum absolute atomic E-state index is 0.0283. The van der Waals surface area contributed by atoms with Crippen molar-refractivity contribution in [2.45, 2.75) is 26.0 Å². The average molecular weight is 357 g/mol. The minimum atomic E-state index is -0.957. The molecular formula is C15H15BrF2N2O. The highest BCUT2D eigenvalue weighted by atomic mass is 79.9. The molecule has 2 N–H and O–H groups in total. The highest BCUT2D eigenvalue weighted by Gasteiger charge is 2.20. The molecule has 0 radical (unpaired) electrons. The first-order valence-electron chi connectivity index (χ1n) is 6.40. The SMILES string of the molecule is CC(C)Oc1cncc(C(N)c2c(F)cc(Br)cc2F)c1. The lowest BCUT2D eigenvalue weighted by Gasteiger charge is -2.16. The molecule has 0 fully saturated rings. The van der Waals surface area contributed by atoms with Gasteiger partial charge in [0.15, 0.2) is 0 Å². The molecule has 0 saturated heterocycles. The van der Waals surface area contributed by atoms with Gasteiger partial charge in [-0.3, -0.25) is 4.98 Å². The van der Waals surface area contributed by atoms with Crippen LogP contribution in [0.5, 0.6) is 5.75 Å². The Morgan fingerprint density at radius 3 is 2.33 bits per heavy atom. The fourth-order valence-electron chi connectivity index (χ4n) is 1.96. The molecule has 112 valence electrons. The second-order valence-corrected chi connectivity index (χ2v) is 5.80. The second kappa shape index (κ2) is 6.49. The first-order chi connectivity index (χ1) is 9.88. The van der Waals surface area contributed by atoms with Crippen molar-refractivity contribution in [3.63, 3.8) is 0 Å². The van der Waals surface area contributed by atoms with E-state index in [1.807, 2.05) is 13.8 Å². The van der Waals surface area contributed by atoms with Crippen LogP contribution < -0.4 is 10.5 Å². The number of pyridine rings is 1. The molecule has 1 aromatic carbocycles. The number of hydrogen-bond acceptors (Lipinski definition) is 3. The highest BCUT2D eigenvalue weighted by molar-refractivity contribution is 9.10. The maximum atomic E-state index is 14.0. The summed E-state index contributed by atoms with van der Waals surface area (Å²) >= 11 is 3.04. The van der Waals surface area contributed by atoms with Gasteiger partial charge in [0.05, 0.1) is 18.3 Å². The molecule has 0 spiro atoms. The monoisotopic (exact) mass is 356 g/mol. The Hall–Kier alpha value is -1.53. The van der Waals surface area contributed by atoms with Gasteiger partial charge in [0.2, 0.25) is 0 Å². The molecule has 1 unspecified atom stereocenters. The van der Waals surface area contributed by atoms with Crippen molar-refractivity contribution >= 4 is 15.9 Å².